The van der Waals surface area contributed by atoms with Gasteiger partial charge < -0.3 is 10.2 Å². The van der Waals surface area contributed by atoms with Crippen LogP contribution in [0, 0.1) is 0 Å². The molecule has 20 heavy (non-hydrogen) atoms. The molecule has 0 bridgehead atoms. The zero-order valence-corrected chi connectivity index (χ0v) is 11.9. The number of nitrogens with zero attached hydrogens (tertiary/aromatic N) is 1. The van der Waals surface area contributed by atoms with Crippen LogP contribution in [0.4, 0.5) is 0 Å². The number of sulfonamides is 1. The number of aryl methyl sites for hydroxylation is 1. The third-order valence-electron chi connectivity index (χ3n) is 2.61. The maximum Gasteiger partial charge on any atom is 0.306 e. The summed E-state index contributed by atoms with van der Waals surface area (Å²) in [6.07, 6.45) is 2.94. The average molecular weight is 302 g/mol. The fourth-order valence-electron chi connectivity index (χ4n) is 1.53. The molecule has 1 heterocycles. The van der Waals surface area contributed by atoms with E-state index < -0.39 is 28.0 Å². The molecule has 1 atom stereocenters. The van der Waals surface area contributed by atoms with Gasteiger partial charge in [0.15, 0.2) is 0 Å². The van der Waals surface area contributed by atoms with Gasteiger partial charge in [-0.2, -0.15) is 0 Å². The van der Waals surface area contributed by atoms with Crippen molar-refractivity contribution in [3.63, 3.8) is 0 Å². The first-order valence-electron chi connectivity index (χ1n) is 6.01. The van der Waals surface area contributed by atoms with Crippen LogP contribution < -0.4 is 4.72 Å². The van der Waals surface area contributed by atoms with Crippen molar-refractivity contribution < 1.29 is 23.4 Å². The van der Waals surface area contributed by atoms with Crippen LogP contribution in [-0.4, -0.2) is 47.5 Å². The van der Waals surface area contributed by atoms with Gasteiger partial charge in [0.05, 0.1) is 17.8 Å². The molecule has 8 heteroatoms. The standard InChI is InChI=1S/C12H18N2O5S/c1-12(17,8-11(15)16)9-14-20(18,19)7-4-10-2-5-13-6-3-10/h2-3,5-6,14,17H,4,7-9H2,1H3,(H,15,16). The molecule has 0 saturated carbocycles. The molecule has 1 rings (SSSR count). The molecular formula is C12H18N2O5S. The fourth-order valence-corrected chi connectivity index (χ4v) is 2.71. The van der Waals surface area contributed by atoms with Gasteiger partial charge in [-0.1, -0.05) is 0 Å². The Labute approximate surface area is 117 Å². The van der Waals surface area contributed by atoms with E-state index in [1.165, 1.54) is 6.92 Å². The van der Waals surface area contributed by atoms with Crippen LogP contribution in [-0.2, 0) is 21.2 Å². The number of aliphatic hydroxyl groups is 1. The number of rotatable bonds is 8. The van der Waals surface area contributed by atoms with Gasteiger partial charge in [0, 0.05) is 18.9 Å². The molecular weight excluding hydrogens is 284 g/mol. The predicted molar refractivity (Wildman–Crippen MR) is 72.6 cm³/mol. The Morgan fingerprint density at radius 3 is 2.55 bits per heavy atom. The molecule has 0 aliphatic carbocycles. The smallest absolute Gasteiger partial charge is 0.306 e. The quantitative estimate of drug-likeness (QED) is 0.610. The van der Waals surface area contributed by atoms with E-state index in [1.807, 2.05) is 0 Å². The van der Waals surface area contributed by atoms with E-state index in [9.17, 15) is 18.3 Å². The highest BCUT2D eigenvalue weighted by Gasteiger charge is 2.26. The Morgan fingerprint density at radius 1 is 1.40 bits per heavy atom. The van der Waals surface area contributed by atoms with Gasteiger partial charge in [0.25, 0.3) is 0 Å². The second-order valence-corrected chi connectivity index (χ2v) is 6.74. The molecule has 0 radical (unpaired) electrons. The van der Waals surface area contributed by atoms with Crippen LogP contribution in [0.5, 0.6) is 0 Å². The van der Waals surface area contributed by atoms with Gasteiger partial charge in [-0.15, -0.1) is 0 Å². The molecule has 1 aromatic heterocycles. The summed E-state index contributed by atoms with van der Waals surface area (Å²) in [7, 11) is -3.57. The number of carboxylic acids is 1. The number of pyridine rings is 1. The van der Waals surface area contributed by atoms with Crippen LogP contribution >= 0.6 is 0 Å². The summed E-state index contributed by atoms with van der Waals surface area (Å²) in [6.45, 7) is 0.935. The van der Waals surface area contributed by atoms with Crippen molar-refractivity contribution in [2.75, 3.05) is 12.3 Å². The molecule has 0 spiro atoms. The zero-order valence-electron chi connectivity index (χ0n) is 11.1. The number of nitrogens with one attached hydrogen (secondary N) is 1. The van der Waals surface area contributed by atoms with Crippen molar-refractivity contribution >= 4 is 16.0 Å². The lowest BCUT2D eigenvalue weighted by atomic mass is 10.0. The van der Waals surface area contributed by atoms with E-state index in [2.05, 4.69) is 9.71 Å². The Morgan fingerprint density at radius 2 is 2.00 bits per heavy atom. The first-order chi connectivity index (χ1) is 9.20. The van der Waals surface area contributed by atoms with Crippen molar-refractivity contribution in [1.29, 1.82) is 0 Å². The van der Waals surface area contributed by atoms with Gasteiger partial charge in [0.1, 0.15) is 0 Å². The highest BCUT2D eigenvalue weighted by atomic mass is 32.2. The number of hydrogen-bond donors (Lipinski definition) is 3. The molecule has 3 N–H and O–H groups in total. The lowest BCUT2D eigenvalue weighted by molar-refractivity contribution is -0.141. The SMILES string of the molecule is CC(O)(CNS(=O)(=O)CCc1ccncc1)CC(=O)O. The second kappa shape index (κ2) is 6.78. The first-order valence-corrected chi connectivity index (χ1v) is 7.66. The van der Waals surface area contributed by atoms with Crippen LogP contribution in [0.3, 0.4) is 0 Å². The Balaban J connectivity index is 2.48. The van der Waals surface area contributed by atoms with E-state index in [4.69, 9.17) is 5.11 Å². The summed E-state index contributed by atoms with van der Waals surface area (Å²) in [5, 5.41) is 18.3. The number of hydrogen-bond acceptors (Lipinski definition) is 5. The van der Waals surface area contributed by atoms with E-state index in [0.29, 0.717) is 6.42 Å². The molecule has 112 valence electrons. The number of aliphatic carboxylic acids is 1. The normalized spacial score (nSPS) is 14.7. The summed E-state index contributed by atoms with van der Waals surface area (Å²) in [5.41, 5.74) is -0.780. The zero-order chi connectivity index (χ0) is 15.2. The third kappa shape index (κ3) is 6.60. The van der Waals surface area contributed by atoms with Gasteiger partial charge in [-0.05, 0) is 31.0 Å². The summed E-state index contributed by atoms with van der Waals surface area (Å²) in [6, 6.07) is 3.44. The topological polar surface area (TPSA) is 117 Å². The van der Waals surface area contributed by atoms with E-state index in [0.717, 1.165) is 5.56 Å². The van der Waals surface area contributed by atoms with Gasteiger partial charge in [-0.25, -0.2) is 13.1 Å². The van der Waals surface area contributed by atoms with E-state index in [1.54, 1.807) is 24.5 Å². The van der Waals surface area contributed by atoms with Crippen molar-refractivity contribution in [2.45, 2.75) is 25.4 Å². The molecule has 0 amide bonds. The summed E-state index contributed by atoms with van der Waals surface area (Å²) in [5.74, 6) is -1.33. The highest BCUT2D eigenvalue weighted by Crippen LogP contribution is 2.08. The monoisotopic (exact) mass is 302 g/mol. The molecule has 7 nitrogen and oxygen atoms in total. The van der Waals surface area contributed by atoms with Crippen molar-refractivity contribution in [2.24, 2.45) is 0 Å². The predicted octanol–water partition coefficient (Wildman–Crippen LogP) is -0.231. The molecule has 0 aliphatic heterocycles. The Kier molecular flexibility index (Phi) is 5.61. The number of carbonyl (C=O) groups is 1. The summed E-state index contributed by atoms with van der Waals surface area (Å²) >= 11 is 0. The van der Waals surface area contributed by atoms with Crippen LogP contribution in [0.1, 0.15) is 18.9 Å². The minimum atomic E-state index is -3.57. The maximum atomic E-state index is 11.8. The Hall–Kier alpha value is -1.51. The second-order valence-electron chi connectivity index (χ2n) is 4.81. The van der Waals surface area contributed by atoms with E-state index >= 15 is 0 Å². The first kappa shape index (κ1) is 16.5. The number of carboxylic acid groups (broad SMARTS) is 1. The summed E-state index contributed by atoms with van der Waals surface area (Å²) in [4.78, 5) is 14.3. The molecule has 0 saturated heterocycles. The third-order valence-corrected chi connectivity index (χ3v) is 3.94. The molecule has 1 unspecified atom stereocenters. The molecule has 0 aliphatic rings. The molecule has 0 aromatic carbocycles. The van der Waals surface area contributed by atoms with Crippen LogP contribution in [0.25, 0.3) is 0 Å². The largest absolute Gasteiger partial charge is 0.481 e. The fraction of sp³-hybridized carbons (Fsp3) is 0.500. The summed E-state index contributed by atoms with van der Waals surface area (Å²) < 4.78 is 25.7. The molecule has 1 aromatic rings. The minimum Gasteiger partial charge on any atom is -0.481 e. The lowest BCUT2D eigenvalue weighted by Crippen LogP contribution is -2.42. The maximum absolute atomic E-state index is 11.8. The molecule has 0 fully saturated rings. The number of aromatic nitrogens is 1. The van der Waals surface area contributed by atoms with E-state index in [-0.39, 0.29) is 12.3 Å². The van der Waals surface area contributed by atoms with Crippen molar-refractivity contribution in [3.8, 4) is 0 Å². The van der Waals surface area contributed by atoms with Gasteiger partial charge in [-0.3, -0.25) is 9.78 Å². The van der Waals surface area contributed by atoms with Crippen LogP contribution in [0.2, 0.25) is 0 Å². The van der Waals surface area contributed by atoms with Crippen LogP contribution in [0.15, 0.2) is 24.5 Å². The van der Waals surface area contributed by atoms with Gasteiger partial charge >= 0.3 is 5.97 Å². The lowest BCUT2D eigenvalue weighted by Gasteiger charge is -2.21. The Bertz CT molecular complexity index is 542. The van der Waals surface area contributed by atoms with Crippen molar-refractivity contribution in [1.82, 2.24) is 9.71 Å². The van der Waals surface area contributed by atoms with Crippen molar-refractivity contribution in [3.05, 3.63) is 30.1 Å². The van der Waals surface area contributed by atoms with Gasteiger partial charge in [0.2, 0.25) is 10.0 Å². The average Bonchev–Trinajstić information content (AvgIpc) is 2.34. The highest BCUT2D eigenvalue weighted by molar-refractivity contribution is 7.89. The minimum absolute atomic E-state index is 0.139.